The average Bonchev–Trinajstić information content (AvgIpc) is 3.03. The van der Waals surface area contributed by atoms with E-state index >= 15 is 0 Å². The molecule has 124 valence electrons. The van der Waals surface area contributed by atoms with Gasteiger partial charge in [-0.15, -0.1) is 0 Å². The van der Waals surface area contributed by atoms with E-state index in [0.29, 0.717) is 18.2 Å². The van der Waals surface area contributed by atoms with Gasteiger partial charge in [-0.05, 0) is 38.3 Å². The largest absolute Gasteiger partial charge is 0.348 e. The molecule has 1 aromatic heterocycles. The van der Waals surface area contributed by atoms with Crippen molar-refractivity contribution in [2.24, 2.45) is 5.92 Å². The summed E-state index contributed by atoms with van der Waals surface area (Å²) in [6.07, 6.45) is 1.25. The van der Waals surface area contributed by atoms with Crippen LogP contribution in [0.2, 0.25) is 0 Å². The van der Waals surface area contributed by atoms with Crippen molar-refractivity contribution in [1.82, 2.24) is 25.6 Å². The second kappa shape index (κ2) is 6.21. The molecule has 1 aliphatic rings. The molecule has 2 atom stereocenters. The van der Waals surface area contributed by atoms with Gasteiger partial charge in [-0.25, -0.2) is 23.2 Å². The fraction of sp³-hybridized carbons (Fsp3) is 0.467. The van der Waals surface area contributed by atoms with Crippen LogP contribution >= 0.6 is 0 Å². The fourth-order valence-electron chi connectivity index (χ4n) is 3.11. The van der Waals surface area contributed by atoms with Gasteiger partial charge in [-0.3, -0.25) is 10.9 Å². The highest BCUT2D eigenvalue weighted by Crippen LogP contribution is 2.21. The quantitative estimate of drug-likeness (QED) is 0.792. The van der Waals surface area contributed by atoms with Gasteiger partial charge in [0.05, 0.1) is 5.69 Å². The number of aromatic nitrogens is 3. The molecule has 1 aliphatic heterocycles. The van der Waals surface area contributed by atoms with Crippen LogP contribution in [0.15, 0.2) is 23.0 Å². The minimum Gasteiger partial charge on any atom is -0.254 e. The molecule has 2 heterocycles. The summed E-state index contributed by atoms with van der Waals surface area (Å²) in [7, 11) is 0. The van der Waals surface area contributed by atoms with Crippen LogP contribution in [0, 0.1) is 17.6 Å². The Balaban J connectivity index is 1.87. The first-order valence-corrected chi connectivity index (χ1v) is 7.60. The van der Waals surface area contributed by atoms with Gasteiger partial charge < -0.3 is 0 Å². The van der Waals surface area contributed by atoms with E-state index in [1.54, 1.807) is 0 Å². The maximum absolute atomic E-state index is 14.0. The van der Waals surface area contributed by atoms with E-state index in [-0.39, 0.29) is 17.8 Å². The summed E-state index contributed by atoms with van der Waals surface area (Å²) in [5, 5.41) is 6.29. The average molecular weight is 323 g/mol. The second-order valence-corrected chi connectivity index (χ2v) is 5.94. The molecule has 0 bridgehead atoms. The second-order valence-electron chi connectivity index (χ2n) is 5.94. The third kappa shape index (κ3) is 3.04. The number of nitrogens with zero attached hydrogens (tertiary/aromatic N) is 2. The zero-order valence-corrected chi connectivity index (χ0v) is 12.9. The summed E-state index contributed by atoms with van der Waals surface area (Å²) >= 11 is 0. The smallest absolute Gasteiger partial charge is 0.254 e. The number of H-pyrrole nitrogens is 1. The maximum atomic E-state index is 14.0. The lowest BCUT2D eigenvalue weighted by Crippen LogP contribution is -2.30. The molecular weight excluding hydrogens is 304 g/mol. The predicted octanol–water partition coefficient (Wildman–Crippen LogP) is 1.27. The summed E-state index contributed by atoms with van der Waals surface area (Å²) in [6.45, 7) is 4.15. The first-order valence-electron chi connectivity index (χ1n) is 7.60. The molecule has 0 radical (unpaired) electrons. The number of halogens is 2. The monoisotopic (exact) mass is 323 g/mol. The minimum absolute atomic E-state index is 0.123. The fourth-order valence-corrected chi connectivity index (χ4v) is 3.11. The van der Waals surface area contributed by atoms with Gasteiger partial charge in [0.2, 0.25) is 0 Å². The Morgan fingerprint density at radius 2 is 1.91 bits per heavy atom. The number of aryl methyl sites for hydroxylation is 1. The Bertz CT molecular complexity index is 747. The van der Waals surface area contributed by atoms with Crippen molar-refractivity contribution in [1.29, 1.82) is 0 Å². The van der Waals surface area contributed by atoms with E-state index in [9.17, 15) is 13.6 Å². The van der Waals surface area contributed by atoms with Crippen molar-refractivity contribution in [3.8, 4) is 5.69 Å². The van der Waals surface area contributed by atoms with E-state index in [2.05, 4.69) is 34.9 Å². The van der Waals surface area contributed by atoms with Crippen molar-refractivity contribution in [3.05, 3.63) is 46.1 Å². The van der Waals surface area contributed by atoms with Gasteiger partial charge in [-0.2, -0.15) is 5.10 Å². The van der Waals surface area contributed by atoms with Gasteiger partial charge in [-0.1, -0.05) is 0 Å². The topological polar surface area (TPSA) is 74.7 Å². The van der Waals surface area contributed by atoms with Crippen LogP contribution in [-0.2, 0) is 6.42 Å². The highest BCUT2D eigenvalue weighted by molar-refractivity contribution is 5.34. The van der Waals surface area contributed by atoms with E-state index in [1.807, 2.05) is 0 Å². The van der Waals surface area contributed by atoms with Crippen LogP contribution in [0.4, 0.5) is 8.78 Å². The third-order valence-electron chi connectivity index (χ3n) is 4.42. The van der Waals surface area contributed by atoms with Crippen LogP contribution in [-0.4, -0.2) is 26.8 Å². The number of hydrazine groups is 1. The molecule has 1 fully saturated rings. The third-order valence-corrected chi connectivity index (χ3v) is 4.42. The lowest BCUT2D eigenvalue weighted by atomic mass is 9.91. The molecule has 3 N–H and O–H groups in total. The molecule has 1 saturated heterocycles. The Kier molecular flexibility index (Phi) is 4.27. The Morgan fingerprint density at radius 3 is 2.61 bits per heavy atom. The van der Waals surface area contributed by atoms with Gasteiger partial charge >= 0.3 is 5.69 Å². The van der Waals surface area contributed by atoms with Crippen LogP contribution in [0.1, 0.15) is 26.1 Å². The summed E-state index contributed by atoms with van der Waals surface area (Å²) in [5.41, 5.74) is 5.64. The lowest BCUT2D eigenvalue weighted by Gasteiger charge is -2.17. The van der Waals surface area contributed by atoms with Gasteiger partial charge in [0.25, 0.3) is 0 Å². The minimum atomic E-state index is -0.665. The van der Waals surface area contributed by atoms with Crippen molar-refractivity contribution in [2.75, 3.05) is 0 Å². The van der Waals surface area contributed by atoms with Gasteiger partial charge in [0, 0.05) is 24.6 Å². The van der Waals surface area contributed by atoms with E-state index in [1.165, 1.54) is 0 Å². The van der Waals surface area contributed by atoms with Crippen LogP contribution < -0.4 is 16.5 Å². The Morgan fingerprint density at radius 1 is 1.22 bits per heavy atom. The van der Waals surface area contributed by atoms with Gasteiger partial charge in [0.15, 0.2) is 0 Å². The summed E-state index contributed by atoms with van der Waals surface area (Å²) < 4.78 is 28.5. The molecule has 8 heteroatoms. The molecule has 0 amide bonds. The van der Waals surface area contributed by atoms with Gasteiger partial charge in [0.1, 0.15) is 17.5 Å². The molecule has 2 unspecified atom stereocenters. The maximum Gasteiger partial charge on any atom is 0.348 e. The van der Waals surface area contributed by atoms with E-state index in [4.69, 9.17) is 0 Å². The van der Waals surface area contributed by atoms with Crippen LogP contribution in [0.5, 0.6) is 0 Å². The molecule has 2 aromatic rings. The highest BCUT2D eigenvalue weighted by Gasteiger charge is 2.30. The summed E-state index contributed by atoms with van der Waals surface area (Å²) in [6, 6.07) is 3.59. The van der Waals surface area contributed by atoms with Crippen molar-refractivity contribution in [3.63, 3.8) is 0 Å². The highest BCUT2D eigenvalue weighted by atomic mass is 19.1. The molecule has 0 spiro atoms. The molecule has 3 rings (SSSR count). The molecule has 1 aromatic carbocycles. The molecular formula is C15H19F2N5O. The van der Waals surface area contributed by atoms with Crippen molar-refractivity contribution >= 4 is 0 Å². The number of nitrogens with one attached hydrogen (secondary N) is 3. The number of hydrogen-bond donors (Lipinski definition) is 3. The Hall–Kier alpha value is -2.06. The zero-order chi connectivity index (χ0) is 16.6. The zero-order valence-electron chi connectivity index (χ0n) is 12.9. The molecule has 6 nitrogen and oxygen atoms in total. The lowest BCUT2D eigenvalue weighted by molar-refractivity contribution is 0.409. The number of rotatable bonds is 4. The number of benzene rings is 1. The first-order chi connectivity index (χ1) is 11.0. The summed E-state index contributed by atoms with van der Waals surface area (Å²) in [4.78, 5) is 12.0. The Labute approximate surface area is 131 Å². The predicted molar refractivity (Wildman–Crippen MR) is 81.1 cm³/mol. The first kappa shape index (κ1) is 15.8. The SMILES string of the molecule is CC1NNC(C)C1CCc1n[nH]c(=O)n1-c1cc(F)ccc1F. The molecule has 0 saturated carbocycles. The van der Waals surface area contributed by atoms with Crippen LogP contribution in [0.25, 0.3) is 5.69 Å². The standard InChI is InChI=1S/C15H19F2N5O/c1-8-11(9(2)19-18-8)4-6-14-20-21-15(23)22(14)13-7-10(16)3-5-12(13)17/h3,5,7-9,11,18-19H,4,6H2,1-2H3,(H,21,23). The number of hydrogen-bond acceptors (Lipinski definition) is 4. The van der Waals surface area contributed by atoms with E-state index < -0.39 is 17.3 Å². The normalized spacial score (nSPS) is 24.3. The van der Waals surface area contributed by atoms with Crippen LogP contribution in [0.3, 0.4) is 0 Å². The number of aromatic amines is 1. The van der Waals surface area contributed by atoms with Crippen molar-refractivity contribution in [2.45, 2.75) is 38.8 Å². The van der Waals surface area contributed by atoms with E-state index in [0.717, 1.165) is 29.2 Å². The molecule has 0 aliphatic carbocycles. The van der Waals surface area contributed by atoms with Crippen molar-refractivity contribution < 1.29 is 8.78 Å². The summed E-state index contributed by atoms with van der Waals surface area (Å²) in [5.74, 6) is -0.521. The molecule has 23 heavy (non-hydrogen) atoms.